The van der Waals surface area contributed by atoms with Gasteiger partial charge in [0.05, 0.1) is 13.2 Å². The summed E-state index contributed by atoms with van der Waals surface area (Å²) in [6, 6.07) is 11.7. The van der Waals surface area contributed by atoms with Crippen LogP contribution in [-0.4, -0.2) is 12.2 Å². The Bertz CT molecular complexity index is 617. The van der Waals surface area contributed by atoms with Crippen LogP contribution >= 0.6 is 54.5 Å². The molecule has 1 unspecified atom stereocenters. The van der Waals surface area contributed by atoms with E-state index in [1.165, 1.54) is 0 Å². The van der Waals surface area contributed by atoms with Crippen molar-refractivity contribution in [2.75, 3.05) is 7.11 Å². The molecule has 0 amide bonds. The predicted molar refractivity (Wildman–Crippen MR) is 96.2 cm³/mol. The second-order valence-corrected chi connectivity index (χ2v) is 7.30. The van der Waals surface area contributed by atoms with Crippen LogP contribution in [-0.2, 0) is 6.42 Å². The SMILES string of the molecule is COc1ccc(Br)c(CC(O)c2cc(I)ccc2Br)c1. The van der Waals surface area contributed by atoms with Gasteiger partial charge in [-0.25, -0.2) is 0 Å². The average molecular weight is 512 g/mol. The van der Waals surface area contributed by atoms with Gasteiger partial charge in [-0.15, -0.1) is 0 Å². The number of rotatable bonds is 4. The van der Waals surface area contributed by atoms with Crippen LogP contribution in [0.5, 0.6) is 5.75 Å². The summed E-state index contributed by atoms with van der Waals surface area (Å²) in [4.78, 5) is 0. The van der Waals surface area contributed by atoms with Crippen molar-refractivity contribution in [3.63, 3.8) is 0 Å². The van der Waals surface area contributed by atoms with Gasteiger partial charge in [-0.2, -0.15) is 0 Å². The summed E-state index contributed by atoms with van der Waals surface area (Å²) in [5, 5.41) is 10.5. The third-order valence-corrected chi connectivity index (χ3v) is 5.15. The fraction of sp³-hybridized carbons (Fsp3) is 0.200. The molecule has 20 heavy (non-hydrogen) atoms. The minimum absolute atomic E-state index is 0.524. The molecule has 0 saturated carbocycles. The Morgan fingerprint density at radius 3 is 2.55 bits per heavy atom. The molecule has 2 rings (SSSR count). The van der Waals surface area contributed by atoms with Gasteiger partial charge in [0.15, 0.2) is 0 Å². The molecule has 106 valence electrons. The molecule has 0 aromatic heterocycles. The third-order valence-electron chi connectivity index (χ3n) is 2.98. The molecule has 2 aromatic carbocycles. The van der Waals surface area contributed by atoms with Crippen molar-refractivity contribution >= 4 is 54.5 Å². The lowest BCUT2D eigenvalue weighted by Crippen LogP contribution is -2.04. The van der Waals surface area contributed by atoms with E-state index < -0.39 is 6.10 Å². The minimum Gasteiger partial charge on any atom is -0.497 e. The number of hydrogen-bond acceptors (Lipinski definition) is 2. The van der Waals surface area contributed by atoms with Crippen LogP contribution < -0.4 is 4.74 Å². The molecule has 0 spiro atoms. The maximum atomic E-state index is 10.5. The smallest absolute Gasteiger partial charge is 0.119 e. The Kier molecular flexibility index (Phi) is 5.89. The number of benzene rings is 2. The molecule has 0 fully saturated rings. The number of ether oxygens (including phenoxy) is 1. The van der Waals surface area contributed by atoms with Gasteiger partial charge < -0.3 is 9.84 Å². The largest absolute Gasteiger partial charge is 0.497 e. The summed E-state index contributed by atoms with van der Waals surface area (Å²) >= 11 is 9.25. The average Bonchev–Trinajstić information content (AvgIpc) is 2.43. The number of halogens is 3. The zero-order chi connectivity index (χ0) is 14.7. The normalized spacial score (nSPS) is 12.2. The van der Waals surface area contributed by atoms with Gasteiger partial charge in [-0.05, 0) is 70.1 Å². The van der Waals surface area contributed by atoms with Crippen LogP contribution in [0.3, 0.4) is 0 Å². The van der Waals surface area contributed by atoms with Gasteiger partial charge in [0, 0.05) is 18.9 Å². The molecule has 1 N–H and O–H groups in total. The van der Waals surface area contributed by atoms with Crippen LogP contribution in [0.1, 0.15) is 17.2 Å². The summed E-state index contributed by atoms with van der Waals surface area (Å²) in [7, 11) is 1.64. The van der Waals surface area contributed by atoms with Crippen molar-refractivity contribution in [2.24, 2.45) is 0 Å². The Hall–Kier alpha value is -0.110. The lowest BCUT2D eigenvalue weighted by atomic mass is 10.0. The van der Waals surface area contributed by atoms with Gasteiger partial charge in [-0.1, -0.05) is 31.9 Å². The van der Waals surface area contributed by atoms with Crippen molar-refractivity contribution in [1.29, 1.82) is 0 Å². The summed E-state index contributed by atoms with van der Waals surface area (Å²) in [5.74, 6) is 0.789. The Morgan fingerprint density at radius 2 is 1.85 bits per heavy atom. The van der Waals surface area contributed by atoms with E-state index in [1.807, 2.05) is 36.4 Å². The van der Waals surface area contributed by atoms with Gasteiger partial charge in [0.25, 0.3) is 0 Å². The van der Waals surface area contributed by atoms with Crippen molar-refractivity contribution in [3.05, 3.63) is 60.0 Å². The highest BCUT2D eigenvalue weighted by Crippen LogP contribution is 2.31. The molecule has 5 heteroatoms. The molecule has 0 aliphatic heterocycles. The number of hydrogen-bond donors (Lipinski definition) is 1. The summed E-state index contributed by atoms with van der Waals surface area (Å²) in [6.07, 6.45) is -0.0428. The quantitative estimate of drug-likeness (QED) is 0.579. The number of methoxy groups -OCH3 is 1. The third kappa shape index (κ3) is 3.96. The molecular formula is C15H13Br2IO2. The van der Waals surface area contributed by atoms with E-state index in [0.717, 1.165) is 29.4 Å². The van der Waals surface area contributed by atoms with E-state index in [2.05, 4.69) is 54.5 Å². The van der Waals surface area contributed by atoms with E-state index in [9.17, 15) is 5.11 Å². The zero-order valence-corrected chi connectivity index (χ0v) is 16.1. The van der Waals surface area contributed by atoms with Crippen molar-refractivity contribution < 1.29 is 9.84 Å². The number of aliphatic hydroxyl groups is 1. The minimum atomic E-state index is -0.567. The van der Waals surface area contributed by atoms with Crippen LogP contribution in [0.15, 0.2) is 45.3 Å². The van der Waals surface area contributed by atoms with Crippen LogP contribution in [0.2, 0.25) is 0 Å². The predicted octanol–water partition coefficient (Wildman–Crippen LogP) is 5.10. The maximum absolute atomic E-state index is 10.5. The van der Waals surface area contributed by atoms with Crippen molar-refractivity contribution in [2.45, 2.75) is 12.5 Å². The highest BCUT2D eigenvalue weighted by molar-refractivity contribution is 14.1. The second-order valence-electron chi connectivity index (χ2n) is 4.34. The number of aliphatic hydroxyl groups excluding tert-OH is 1. The van der Waals surface area contributed by atoms with E-state index in [4.69, 9.17) is 4.74 Å². The molecular weight excluding hydrogens is 499 g/mol. The van der Waals surface area contributed by atoms with Crippen molar-refractivity contribution in [1.82, 2.24) is 0 Å². The second kappa shape index (κ2) is 7.24. The first-order valence-electron chi connectivity index (χ1n) is 5.96. The lowest BCUT2D eigenvalue weighted by molar-refractivity contribution is 0.177. The topological polar surface area (TPSA) is 29.5 Å². The zero-order valence-electron chi connectivity index (χ0n) is 10.7. The van der Waals surface area contributed by atoms with E-state index in [0.29, 0.717) is 6.42 Å². The molecule has 0 saturated heterocycles. The molecule has 0 radical (unpaired) electrons. The molecule has 1 atom stereocenters. The first kappa shape index (κ1) is 16.3. The monoisotopic (exact) mass is 510 g/mol. The molecule has 0 bridgehead atoms. The molecule has 0 heterocycles. The first-order valence-corrected chi connectivity index (χ1v) is 8.63. The van der Waals surface area contributed by atoms with E-state index in [-0.39, 0.29) is 0 Å². The van der Waals surface area contributed by atoms with Crippen LogP contribution in [0.25, 0.3) is 0 Å². The van der Waals surface area contributed by atoms with Crippen LogP contribution in [0, 0.1) is 3.57 Å². The summed E-state index contributed by atoms with van der Waals surface area (Å²) < 4.78 is 8.22. The van der Waals surface area contributed by atoms with Gasteiger partial charge in [0.1, 0.15) is 5.75 Å². The molecule has 0 aliphatic carbocycles. The Morgan fingerprint density at radius 1 is 1.15 bits per heavy atom. The fourth-order valence-electron chi connectivity index (χ4n) is 1.92. The maximum Gasteiger partial charge on any atom is 0.119 e. The lowest BCUT2D eigenvalue weighted by Gasteiger charge is -2.15. The Labute approximate surface area is 148 Å². The molecule has 2 aromatic rings. The first-order chi connectivity index (χ1) is 9.51. The van der Waals surface area contributed by atoms with Crippen molar-refractivity contribution in [3.8, 4) is 5.75 Å². The van der Waals surface area contributed by atoms with Gasteiger partial charge in [0.2, 0.25) is 0 Å². The fourth-order valence-corrected chi connectivity index (χ4v) is 3.36. The Balaban J connectivity index is 2.27. The summed E-state index contributed by atoms with van der Waals surface area (Å²) in [6.45, 7) is 0. The standard InChI is InChI=1S/C15H13Br2IO2/c1-20-11-3-5-13(16)9(6-11)7-15(19)12-8-10(18)2-4-14(12)17/h2-6,8,15,19H,7H2,1H3. The van der Waals surface area contributed by atoms with E-state index in [1.54, 1.807) is 7.11 Å². The highest BCUT2D eigenvalue weighted by Gasteiger charge is 2.14. The molecule has 0 aliphatic rings. The molecule has 2 nitrogen and oxygen atoms in total. The van der Waals surface area contributed by atoms with Gasteiger partial charge in [-0.3, -0.25) is 0 Å². The van der Waals surface area contributed by atoms with Gasteiger partial charge >= 0.3 is 0 Å². The van der Waals surface area contributed by atoms with Crippen LogP contribution in [0.4, 0.5) is 0 Å². The highest BCUT2D eigenvalue weighted by atomic mass is 127. The van der Waals surface area contributed by atoms with E-state index >= 15 is 0 Å². The summed E-state index contributed by atoms with van der Waals surface area (Å²) in [5.41, 5.74) is 1.91.